The molecule has 0 fully saturated rings. The van der Waals surface area contributed by atoms with E-state index >= 15 is 0 Å². The van der Waals surface area contributed by atoms with E-state index in [1.165, 1.54) is 4.70 Å². The predicted molar refractivity (Wildman–Crippen MR) is 87.6 cm³/mol. The first-order valence-corrected chi connectivity index (χ1v) is 8.33. The normalized spacial score (nSPS) is 10.7. The topological polar surface area (TPSA) is 49.6 Å². The molecule has 5 heteroatoms. The number of fused-ring (bicyclic) bond motifs is 1. The Labute approximate surface area is 131 Å². The van der Waals surface area contributed by atoms with Crippen molar-refractivity contribution in [3.05, 3.63) is 52.2 Å². The van der Waals surface area contributed by atoms with E-state index in [0.717, 1.165) is 32.6 Å². The molecular weight excluding hydrogens is 298 g/mol. The lowest BCUT2D eigenvalue weighted by Crippen LogP contribution is -1.94. The third kappa shape index (κ3) is 2.92. The average molecular weight is 311 g/mol. The van der Waals surface area contributed by atoms with Gasteiger partial charge in [-0.05, 0) is 37.6 Å². The van der Waals surface area contributed by atoms with E-state index in [4.69, 9.17) is 0 Å². The van der Waals surface area contributed by atoms with Gasteiger partial charge in [0.05, 0.1) is 21.5 Å². The summed E-state index contributed by atoms with van der Waals surface area (Å²) < 4.78 is 1.20. The van der Waals surface area contributed by atoms with Gasteiger partial charge in [-0.25, -0.2) is 9.97 Å². The molecule has 3 rings (SSSR count). The first-order chi connectivity index (χ1) is 10.2. The van der Waals surface area contributed by atoms with E-state index in [-0.39, 0.29) is 0 Å². The highest BCUT2D eigenvalue weighted by molar-refractivity contribution is 7.98. The van der Waals surface area contributed by atoms with E-state index in [1.807, 2.05) is 38.1 Å². The zero-order valence-corrected chi connectivity index (χ0v) is 13.4. The van der Waals surface area contributed by atoms with Crippen LogP contribution in [0.4, 0.5) is 0 Å². The van der Waals surface area contributed by atoms with Crippen LogP contribution in [0.25, 0.3) is 10.2 Å². The molecule has 1 aromatic carbocycles. The minimum absolute atomic E-state index is 0.673. The molecule has 0 amide bonds. The molecule has 0 aliphatic heterocycles. The number of thiazole rings is 1. The maximum Gasteiger partial charge on any atom is 0.115 e. The van der Waals surface area contributed by atoms with Gasteiger partial charge >= 0.3 is 0 Å². The van der Waals surface area contributed by atoms with Crippen molar-refractivity contribution < 1.29 is 0 Å². The summed E-state index contributed by atoms with van der Waals surface area (Å²) in [5.41, 5.74) is 3.63. The molecule has 0 radical (unpaired) electrons. The minimum atomic E-state index is 0.673. The molecule has 3 aromatic rings. The molecular formula is C16H13N3S2. The van der Waals surface area contributed by atoms with Crippen molar-refractivity contribution in [2.24, 2.45) is 0 Å². The molecule has 0 atom stereocenters. The maximum atomic E-state index is 9.29. The smallest absolute Gasteiger partial charge is 0.115 e. The summed E-state index contributed by atoms with van der Waals surface area (Å²) in [5.74, 6) is 0.740. The number of aryl methyl sites for hydroxylation is 2. The first-order valence-electron chi connectivity index (χ1n) is 6.53. The van der Waals surface area contributed by atoms with Crippen molar-refractivity contribution in [3.63, 3.8) is 0 Å². The number of nitriles is 1. The van der Waals surface area contributed by atoms with Crippen LogP contribution in [0.2, 0.25) is 0 Å². The van der Waals surface area contributed by atoms with Crippen LogP contribution in [-0.2, 0) is 5.75 Å². The van der Waals surface area contributed by atoms with E-state index in [9.17, 15) is 5.26 Å². The van der Waals surface area contributed by atoms with Gasteiger partial charge in [-0.1, -0.05) is 23.9 Å². The third-order valence-electron chi connectivity index (χ3n) is 3.09. The van der Waals surface area contributed by atoms with Crippen LogP contribution in [0.15, 0.2) is 35.4 Å². The summed E-state index contributed by atoms with van der Waals surface area (Å²) in [7, 11) is 0. The summed E-state index contributed by atoms with van der Waals surface area (Å²) >= 11 is 3.28. The number of thioether (sulfide) groups is 1. The van der Waals surface area contributed by atoms with Gasteiger partial charge in [0.1, 0.15) is 16.1 Å². The van der Waals surface area contributed by atoms with Crippen molar-refractivity contribution in [2.45, 2.75) is 24.6 Å². The Morgan fingerprint density at radius 3 is 2.81 bits per heavy atom. The second-order valence-corrected chi connectivity index (χ2v) is 6.82. The lowest BCUT2D eigenvalue weighted by atomic mass is 10.1. The van der Waals surface area contributed by atoms with E-state index in [0.29, 0.717) is 5.56 Å². The summed E-state index contributed by atoms with van der Waals surface area (Å²) in [6.07, 6.45) is 0. The molecule has 2 heterocycles. The summed E-state index contributed by atoms with van der Waals surface area (Å²) in [6, 6.07) is 12.3. The number of pyridine rings is 1. The number of benzene rings is 1. The van der Waals surface area contributed by atoms with E-state index in [1.54, 1.807) is 23.1 Å². The quantitative estimate of drug-likeness (QED) is 0.670. The van der Waals surface area contributed by atoms with Crippen LogP contribution in [0.3, 0.4) is 0 Å². The van der Waals surface area contributed by atoms with Crippen LogP contribution in [-0.4, -0.2) is 9.97 Å². The fourth-order valence-electron chi connectivity index (χ4n) is 2.15. The van der Waals surface area contributed by atoms with Crippen LogP contribution in [0.5, 0.6) is 0 Å². The number of para-hydroxylation sites is 1. The van der Waals surface area contributed by atoms with E-state index < -0.39 is 0 Å². The highest BCUT2D eigenvalue weighted by Crippen LogP contribution is 2.30. The Hall–Kier alpha value is -1.90. The number of hydrogen-bond donors (Lipinski definition) is 0. The molecule has 0 saturated carbocycles. The van der Waals surface area contributed by atoms with Crippen LogP contribution < -0.4 is 0 Å². The number of nitrogens with zero attached hydrogens (tertiary/aromatic N) is 3. The molecule has 0 bridgehead atoms. The molecule has 2 aromatic heterocycles. The van der Waals surface area contributed by atoms with Gasteiger partial charge in [0.25, 0.3) is 0 Å². The second kappa shape index (κ2) is 5.84. The van der Waals surface area contributed by atoms with Gasteiger partial charge in [-0.3, -0.25) is 0 Å². The van der Waals surface area contributed by atoms with Crippen LogP contribution >= 0.6 is 23.1 Å². The summed E-state index contributed by atoms with van der Waals surface area (Å²) in [5, 5.41) is 11.1. The van der Waals surface area contributed by atoms with Gasteiger partial charge in [0.15, 0.2) is 0 Å². The highest BCUT2D eigenvalue weighted by atomic mass is 32.2. The van der Waals surface area contributed by atoms with Crippen LogP contribution in [0.1, 0.15) is 21.8 Å². The number of aromatic nitrogens is 2. The molecule has 21 heavy (non-hydrogen) atoms. The molecule has 0 unspecified atom stereocenters. The lowest BCUT2D eigenvalue weighted by Gasteiger charge is -2.06. The molecule has 3 nitrogen and oxygen atoms in total. The van der Waals surface area contributed by atoms with Gasteiger partial charge in [-0.15, -0.1) is 11.3 Å². The Morgan fingerprint density at radius 2 is 2.05 bits per heavy atom. The van der Waals surface area contributed by atoms with Crippen molar-refractivity contribution in [1.82, 2.24) is 9.97 Å². The SMILES string of the molecule is Cc1cc(C)c(C#N)c(SCc2nc3ccccc3s2)n1. The van der Waals surface area contributed by atoms with Gasteiger partial charge < -0.3 is 0 Å². The van der Waals surface area contributed by atoms with Crippen molar-refractivity contribution >= 4 is 33.3 Å². The van der Waals surface area contributed by atoms with Gasteiger partial charge in [0, 0.05) is 5.69 Å². The van der Waals surface area contributed by atoms with Crippen molar-refractivity contribution in [2.75, 3.05) is 0 Å². The third-order valence-corrected chi connectivity index (χ3v) is 5.30. The van der Waals surface area contributed by atoms with Gasteiger partial charge in [0.2, 0.25) is 0 Å². The molecule has 0 N–H and O–H groups in total. The number of rotatable bonds is 3. The Morgan fingerprint density at radius 1 is 1.24 bits per heavy atom. The largest absolute Gasteiger partial charge is 0.245 e. The molecule has 104 valence electrons. The maximum absolute atomic E-state index is 9.29. The van der Waals surface area contributed by atoms with Crippen molar-refractivity contribution in [3.8, 4) is 6.07 Å². The molecule has 0 aliphatic carbocycles. The van der Waals surface area contributed by atoms with Crippen LogP contribution in [0, 0.1) is 25.2 Å². The predicted octanol–water partition coefficient (Wildman–Crippen LogP) is 4.47. The molecule has 0 saturated heterocycles. The Kier molecular flexibility index (Phi) is 3.91. The zero-order valence-electron chi connectivity index (χ0n) is 11.8. The van der Waals surface area contributed by atoms with E-state index in [2.05, 4.69) is 22.1 Å². The monoisotopic (exact) mass is 311 g/mol. The lowest BCUT2D eigenvalue weighted by molar-refractivity contribution is 1.03. The summed E-state index contributed by atoms with van der Waals surface area (Å²) in [4.78, 5) is 9.11. The zero-order chi connectivity index (χ0) is 14.8. The average Bonchev–Trinajstić information content (AvgIpc) is 2.87. The van der Waals surface area contributed by atoms with Gasteiger partial charge in [-0.2, -0.15) is 5.26 Å². The van der Waals surface area contributed by atoms with Crippen molar-refractivity contribution in [1.29, 1.82) is 5.26 Å². The standard InChI is InChI=1S/C16H13N3S2/c1-10-7-11(2)18-16(12(10)8-17)20-9-15-19-13-5-3-4-6-14(13)21-15/h3-7H,9H2,1-2H3. The number of hydrogen-bond acceptors (Lipinski definition) is 5. The first kappa shape index (κ1) is 14.1. The minimum Gasteiger partial charge on any atom is -0.245 e. The summed E-state index contributed by atoms with van der Waals surface area (Å²) in [6.45, 7) is 3.91. The Bertz CT molecular complexity index is 813. The Balaban J connectivity index is 1.86. The second-order valence-electron chi connectivity index (χ2n) is 4.74. The highest BCUT2D eigenvalue weighted by Gasteiger charge is 2.11. The molecule has 0 spiro atoms. The fourth-order valence-corrected chi connectivity index (χ4v) is 4.21. The fraction of sp³-hybridized carbons (Fsp3) is 0.188. The molecule has 0 aliphatic rings.